The number of hydrogen-bond donors (Lipinski definition) is 3. The van der Waals surface area contributed by atoms with Crippen LogP contribution in [0.1, 0.15) is 27.2 Å². The van der Waals surface area contributed by atoms with Crippen LogP contribution < -0.4 is 16.6 Å². The molecule has 0 aliphatic heterocycles. The Bertz CT molecular complexity index is 805. The van der Waals surface area contributed by atoms with Crippen molar-refractivity contribution in [2.45, 2.75) is 45.9 Å². The molecule has 9 nitrogen and oxygen atoms in total. The molecule has 0 saturated heterocycles. The number of aliphatic hydroxyl groups excluding tert-OH is 1. The monoisotopic (exact) mass is 339 g/mol. The smallest absolute Gasteiger partial charge is 0.329 e. The molecule has 0 unspecified atom stereocenters. The minimum Gasteiger partial charge on any atom is -0.389 e. The Morgan fingerprint density at radius 2 is 2.08 bits per heavy atom. The quantitative estimate of drug-likeness (QED) is 0.625. The number of rotatable bonds is 8. The van der Waals surface area contributed by atoms with Crippen molar-refractivity contribution in [3.8, 4) is 0 Å². The van der Waals surface area contributed by atoms with Crippen LogP contribution in [-0.4, -0.2) is 49.6 Å². The third-order valence-electron chi connectivity index (χ3n) is 3.56. The first-order valence-corrected chi connectivity index (χ1v) is 8.08. The summed E-state index contributed by atoms with van der Waals surface area (Å²) in [5.74, 6) is 0.446. The van der Waals surface area contributed by atoms with Crippen LogP contribution in [0.2, 0.25) is 0 Å². The molecule has 0 aliphatic carbocycles. The van der Waals surface area contributed by atoms with Gasteiger partial charge in [0.1, 0.15) is 0 Å². The molecular formula is C15H25N5O4. The summed E-state index contributed by atoms with van der Waals surface area (Å²) in [6, 6.07) is 0. The van der Waals surface area contributed by atoms with Crippen LogP contribution >= 0.6 is 0 Å². The van der Waals surface area contributed by atoms with Crippen molar-refractivity contribution in [3.05, 3.63) is 20.8 Å². The molecule has 24 heavy (non-hydrogen) atoms. The number of anilines is 1. The minimum atomic E-state index is -0.802. The second kappa shape index (κ2) is 7.63. The van der Waals surface area contributed by atoms with Gasteiger partial charge in [-0.05, 0) is 20.3 Å². The molecule has 3 N–H and O–H groups in total. The highest BCUT2D eigenvalue weighted by Gasteiger charge is 2.19. The van der Waals surface area contributed by atoms with Gasteiger partial charge in [-0.15, -0.1) is 0 Å². The lowest BCUT2D eigenvalue weighted by Gasteiger charge is -2.16. The lowest BCUT2D eigenvalue weighted by atomic mass is 10.3. The Labute approximate surface area is 139 Å². The van der Waals surface area contributed by atoms with Crippen LogP contribution in [-0.2, 0) is 18.3 Å². The lowest BCUT2D eigenvalue weighted by Crippen LogP contribution is -2.30. The van der Waals surface area contributed by atoms with Gasteiger partial charge in [0.05, 0.1) is 25.4 Å². The van der Waals surface area contributed by atoms with Crippen LogP contribution in [0.4, 0.5) is 5.95 Å². The summed E-state index contributed by atoms with van der Waals surface area (Å²) >= 11 is 0. The highest BCUT2D eigenvalue weighted by molar-refractivity contribution is 5.74. The normalized spacial score (nSPS) is 12.9. The third-order valence-corrected chi connectivity index (χ3v) is 3.56. The molecule has 0 bridgehead atoms. The van der Waals surface area contributed by atoms with Gasteiger partial charge in [0.25, 0.3) is 5.56 Å². The van der Waals surface area contributed by atoms with Crippen LogP contribution in [0.3, 0.4) is 0 Å². The number of imidazole rings is 1. The van der Waals surface area contributed by atoms with Crippen molar-refractivity contribution in [2.24, 2.45) is 7.05 Å². The summed E-state index contributed by atoms with van der Waals surface area (Å²) < 4.78 is 8.29. The topological polar surface area (TPSA) is 114 Å². The van der Waals surface area contributed by atoms with Gasteiger partial charge in [0.15, 0.2) is 11.2 Å². The molecular weight excluding hydrogens is 314 g/mol. The van der Waals surface area contributed by atoms with E-state index in [0.29, 0.717) is 12.5 Å². The van der Waals surface area contributed by atoms with Gasteiger partial charge in [0, 0.05) is 13.6 Å². The molecule has 0 saturated carbocycles. The number of nitrogens with one attached hydrogen (secondary N) is 2. The van der Waals surface area contributed by atoms with Gasteiger partial charge in [-0.1, -0.05) is 6.92 Å². The first-order valence-electron chi connectivity index (χ1n) is 8.08. The van der Waals surface area contributed by atoms with E-state index in [1.54, 1.807) is 11.6 Å². The van der Waals surface area contributed by atoms with E-state index in [0.717, 1.165) is 6.42 Å². The Kier molecular flexibility index (Phi) is 5.79. The maximum atomic E-state index is 12.2. The summed E-state index contributed by atoms with van der Waals surface area (Å²) in [6.45, 7) is 6.72. The first-order chi connectivity index (χ1) is 11.3. The van der Waals surface area contributed by atoms with Crippen molar-refractivity contribution >= 4 is 17.1 Å². The zero-order valence-corrected chi connectivity index (χ0v) is 14.5. The number of aliphatic hydroxyl groups is 1. The number of aromatic nitrogens is 4. The van der Waals surface area contributed by atoms with E-state index in [1.165, 1.54) is 4.57 Å². The largest absolute Gasteiger partial charge is 0.389 e. The number of fused-ring (bicyclic) bond motifs is 1. The van der Waals surface area contributed by atoms with Gasteiger partial charge < -0.3 is 19.7 Å². The van der Waals surface area contributed by atoms with Gasteiger partial charge in [-0.25, -0.2) is 4.79 Å². The van der Waals surface area contributed by atoms with Gasteiger partial charge in [-0.3, -0.25) is 14.3 Å². The van der Waals surface area contributed by atoms with Crippen molar-refractivity contribution in [3.63, 3.8) is 0 Å². The number of hydrogen-bond acceptors (Lipinski definition) is 6. The average Bonchev–Trinajstić information content (AvgIpc) is 2.87. The molecule has 0 fully saturated rings. The summed E-state index contributed by atoms with van der Waals surface area (Å²) in [5.41, 5.74) is -0.524. The average molecular weight is 339 g/mol. The molecule has 0 spiro atoms. The molecule has 2 aromatic heterocycles. The molecule has 2 aromatic rings. The van der Waals surface area contributed by atoms with Crippen LogP contribution in [0.15, 0.2) is 9.59 Å². The summed E-state index contributed by atoms with van der Waals surface area (Å²) in [5, 5.41) is 13.3. The van der Waals surface area contributed by atoms with Crippen molar-refractivity contribution in [1.29, 1.82) is 0 Å². The van der Waals surface area contributed by atoms with E-state index < -0.39 is 17.4 Å². The Balaban J connectivity index is 2.46. The van der Waals surface area contributed by atoms with E-state index in [-0.39, 0.29) is 30.4 Å². The first kappa shape index (κ1) is 18.2. The van der Waals surface area contributed by atoms with E-state index in [1.807, 2.05) is 20.8 Å². The van der Waals surface area contributed by atoms with Crippen LogP contribution in [0.5, 0.6) is 0 Å². The third kappa shape index (κ3) is 3.85. The van der Waals surface area contributed by atoms with E-state index in [2.05, 4.69) is 15.3 Å². The molecule has 0 aromatic carbocycles. The fourth-order valence-corrected chi connectivity index (χ4v) is 2.35. The van der Waals surface area contributed by atoms with Gasteiger partial charge in [-0.2, -0.15) is 4.98 Å². The second-order valence-electron chi connectivity index (χ2n) is 6.00. The fourth-order valence-electron chi connectivity index (χ4n) is 2.35. The van der Waals surface area contributed by atoms with Gasteiger partial charge >= 0.3 is 5.69 Å². The van der Waals surface area contributed by atoms with E-state index >= 15 is 0 Å². The molecule has 2 heterocycles. The maximum Gasteiger partial charge on any atom is 0.329 e. The zero-order chi connectivity index (χ0) is 17.9. The van der Waals surface area contributed by atoms with E-state index in [4.69, 9.17) is 4.74 Å². The van der Waals surface area contributed by atoms with Crippen molar-refractivity contribution in [1.82, 2.24) is 19.1 Å². The standard InChI is InChI=1S/C15H25N5O4/c1-5-6-16-14-17-12-11(13(22)18-15(23)19(12)4)20(14)7-10(21)8-24-9(2)3/h9-10,21H,5-8H2,1-4H3,(H,16,17)(H,18,22,23)/t10-/m0/s1. The Morgan fingerprint density at radius 1 is 1.38 bits per heavy atom. The fraction of sp³-hybridized carbons (Fsp3) is 0.667. The summed E-state index contributed by atoms with van der Waals surface area (Å²) in [6.07, 6.45) is 0.0713. The Morgan fingerprint density at radius 3 is 2.71 bits per heavy atom. The number of nitrogens with zero attached hydrogens (tertiary/aromatic N) is 3. The molecule has 1 atom stereocenters. The molecule has 2 rings (SSSR count). The van der Waals surface area contributed by atoms with Crippen LogP contribution in [0, 0.1) is 0 Å². The second-order valence-corrected chi connectivity index (χ2v) is 6.00. The molecule has 0 aliphatic rings. The minimum absolute atomic E-state index is 0.00101. The summed E-state index contributed by atoms with van der Waals surface area (Å²) in [4.78, 5) is 30.6. The number of ether oxygens (including phenoxy) is 1. The van der Waals surface area contributed by atoms with Crippen LogP contribution in [0.25, 0.3) is 11.2 Å². The zero-order valence-electron chi connectivity index (χ0n) is 14.5. The Hall–Kier alpha value is -2.13. The maximum absolute atomic E-state index is 12.2. The highest BCUT2D eigenvalue weighted by atomic mass is 16.5. The number of aromatic amines is 1. The molecule has 0 amide bonds. The van der Waals surface area contributed by atoms with E-state index in [9.17, 15) is 14.7 Å². The lowest BCUT2D eigenvalue weighted by molar-refractivity contribution is -0.000106. The molecule has 9 heteroatoms. The SMILES string of the molecule is CCCNc1nc2c(c(=O)[nH]c(=O)n2C)n1C[C@H](O)COC(C)C. The predicted molar refractivity (Wildman–Crippen MR) is 91.5 cm³/mol. The predicted octanol–water partition coefficient (Wildman–Crippen LogP) is 0.0311. The van der Waals surface area contributed by atoms with Gasteiger partial charge in [0.2, 0.25) is 5.95 Å². The number of aryl methyl sites for hydroxylation is 1. The number of H-pyrrole nitrogens is 1. The molecule has 134 valence electrons. The highest BCUT2D eigenvalue weighted by Crippen LogP contribution is 2.16. The van der Waals surface area contributed by atoms with Crippen molar-refractivity contribution in [2.75, 3.05) is 18.5 Å². The molecule has 0 radical (unpaired) electrons. The van der Waals surface area contributed by atoms with Crippen molar-refractivity contribution < 1.29 is 9.84 Å². The summed E-state index contributed by atoms with van der Waals surface area (Å²) in [7, 11) is 1.54.